The molecule has 0 aliphatic heterocycles. The van der Waals surface area contributed by atoms with E-state index in [-0.39, 0.29) is 5.41 Å². The molecule has 2 nitrogen and oxygen atoms in total. The predicted octanol–water partition coefficient (Wildman–Crippen LogP) is 3.35. The van der Waals surface area contributed by atoms with Crippen LogP contribution in [0, 0.1) is 5.41 Å². The van der Waals surface area contributed by atoms with Gasteiger partial charge in [0.15, 0.2) is 0 Å². The fraction of sp³-hybridized carbons (Fsp3) is 0.538. The van der Waals surface area contributed by atoms with Gasteiger partial charge in [-0.05, 0) is 37.1 Å². The van der Waals surface area contributed by atoms with Crippen molar-refractivity contribution in [3.8, 4) is 5.75 Å². The number of ether oxygens (including phenoxy) is 1. The number of halogens is 1. The quantitative estimate of drug-likeness (QED) is 0.920. The molecule has 1 aliphatic rings. The fourth-order valence-corrected chi connectivity index (χ4v) is 2.56. The highest BCUT2D eigenvalue weighted by Gasteiger charge is 2.33. The van der Waals surface area contributed by atoms with E-state index in [1.807, 2.05) is 24.3 Å². The van der Waals surface area contributed by atoms with Crippen LogP contribution in [-0.2, 0) is 0 Å². The van der Waals surface area contributed by atoms with Crippen LogP contribution in [0.3, 0.4) is 0 Å². The number of hydrogen-bond donors (Lipinski definition) is 1. The Morgan fingerprint density at radius 2 is 1.81 bits per heavy atom. The summed E-state index contributed by atoms with van der Waals surface area (Å²) in [7, 11) is 0. The lowest BCUT2D eigenvalue weighted by atomic mass is 9.87. The first-order chi connectivity index (χ1) is 7.74. The molecule has 16 heavy (non-hydrogen) atoms. The van der Waals surface area contributed by atoms with E-state index in [1.165, 1.54) is 25.7 Å². The summed E-state index contributed by atoms with van der Waals surface area (Å²) in [6, 6.07) is 7.98. The number of nitrogens with two attached hydrogens (primary N) is 1. The molecule has 0 heterocycles. The van der Waals surface area contributed by atoms with E-state index >= 15 is 0 Å². The van der Waals surface area contributed by atoms with Crippen molar-refractivity contribution in [1.82, 2.24) is 0 Å². The third kappa shape index (κ3) is 2.77. The van der Waals surface area contributed by atoms with Gasteiger partial charge in [0.25, 0.3) is 0 Å². The van der Waals surface area contributed by atoms with E-state index in [0.717, 1.165) is 23.4 Å². The zero-order valence-electron chi connectivity index (χ0n) is 9.42. The van der Waals surface area contributed by atoms with E-state index in [1.54, 1.807) is 0 Å². The van der Waals surface area contributed by atoms with E-state index in [4.69, 9.17) is 10.5 Å². The molecule has 0 atom stereocenters. The van der Waals surface area contributed by atoms with Crippen molar-refractivity contribution in [1.29, 1.82) is 0 Å². The first-order valence-corrected chi connectivity index (χ1v) is 6.62. The van der Waals surface area contributed by atoms with Gasteiger partial charge in [0.1, 0.15) is 5.75 Å². The first kappa shape index (κ1) is 11.9. The third-order valence-corrected chi connectivity index (χ3v) is 3.98. The molecular weight excluding hydrogens is 266 g/mol. The summed E-state index contributed by atoms with van der Waals surface area (Å²) >= 11 is 3.41. The van der Waals surface area contributed by atoms with Crippen LogP contribution in [0.25, 0.3) is 0 Å². The molecule has 3 heteroatoms. The topological polar surface area (TPSA) is 35.2 Å². The van der Waals surface area contributed by atoms with Crippen LogP contribution in [0.2, 0.25) is 0 Å². The maximum atomic E-state index is 5.87. The highest BCUT2D eigenvalue weighted by atomic mass is 79.9. The Balaban J connectivity index is 1.93. The second-order valence-electron chi connectivity index (χ2n) is 4.65. The molecule has 0 aromatic heterocycles. The van der Waals surface area contributed by atoms with Gasteiger partial charge in [0.2, 0.25) is 0 Å². The summed E-state index contributed by atoms with van der Waals surface area (Å²) in [4.78, 5) is 0. The van der Waals surface area contributed by atoms with Crippen molar-refractivity contribution in [2.24, 2.45) is 11.1 Å². The van der Waals surface area contributed by atoms with Gasteiger partial charge in [-0.1, -0.05) is 28.8 Å². The Morgan fingerprint density at radius 3 is 2.38 bits per heavy atom. The standard InChI is InChI=1S/C13H18BrNO/c14-11-3-5-12(6-4-11)16-10-13(9-15)7-1-2-8-13/h3-6H,1-2,7-10,15H2. The summed E-state index contributed by atoms with van der Waals surface area (Å²) < 4.78 is 6.92. The minimum atomic E-state index is 0.229. The minimum Gasteiger partial charge on any atom is -0.493 e. The number of hydrogen-bond acceptors (Lipinski definition) is 2. The molecule has 1 aliphatic carbocycles. The summed E-state index contributed by atoms with van der Waals surface area (Å²) in [5.41, 5.74) is 6.10. The van der Waals surface area contributed by atoms with Crippen LogP contribution in [0.4, 0.5) is 0 Å². The average Bonchev–Trinajstić information content (AvgIpc) is 2.78. The molecule has 0 unspecified atom stereocenters. The van der Waals surface area contributed by atoms with Gasteiger partial charge in [0.05, 0.1) is 6.61 Å². The summed E-state index contributed by atoms with van der Waals surface area (Å²) in [6.07, 6.45) is 5.00. The maximum absolute atomic E-state index is 5.87. The van der Waals surface area contributed by atoms with E-state index in [2.05, 4.69) is 15.9 Å². The summed E-state index contributed by atoms with van der Waals surface area (Å²) in [5.74, 6) is 0.933. The van der Waals surface area contributed by atoms with Crippen molar-refractivity contribution in [2.75, 3.05) is 13.2 Å². The lowest BCUT2D eigenvalue weighted by Crippen LogP contribution is -2.33. The Labute approximate surface area is 105 Å². The van der Waals surface area contributed by atoms with E-state index in [9.17, 15) is 0 Å². The van der Waals surface area contributed by atoms with E-state index < -0.39 is 0 Å². The first-order valence-electron chi connectivity index (χ1n) is 5.83. The van der Waals surface area contributed by atoms with Crippen LogP contribution >= 0.6 is 15.9 Å². The van der Waals surface area contributed by atoms with Gasteiger partial charge in [-0.2, -0.15) is 0 Å². The molecule has 1 aromatic rings. The van der Waals surface area contributed by atoms with Crippen LogP contribution in [0.1, 0.15) is 25.7 Å². The highest BCUT2D eigenvalue weighted by Crippen LogP contribution is 2.37. The molecule has 88 valence electrons. The largest absolute Gasteiger partial charge is 0.493 e. The number of benzene rings is 1. The molecule has 2 rings (SSSR count). The third-order valence-electron chi connectivity index (χ3n) is 3.46. The lowest BCUT2D eigenvalue weighted by Gasteiger charge is -2.26. The second kappa shape index (κ2) is 5.19. The van der Waals surface area contributed by atoms with Crippen LogP contribution in [0.15, 0.2) is 28.7 Å². The zero-order valence-corrected chi connectivity index (χ0v) is 11.0. The van der Waals surface area contributed by atoms with Gasteiger partial charge in [0, 0.05) is 16.4 Å². The van der Waals surface area contributed by atoms with Crippen molar-refractivity contribution in [3.63, 3.8) is 0 Å². The van der Waals surface area contributed by atoms with Crippen molar-refractivity contribution < 1.29 is 4.74 Å². The van der Waals surface area contributed by atoms with Crippen LogP contribution < -0.4 is 10.5 Å². The van der Waals surface area contributed by atoms with Gasteiger partial charge in [-0.15, -0.1) is 0 Å². The SMILES string of the molecule is NCC1(COc2ccc(Br)cc2)CCCC1. The molecule has 0 amide bonds. The molecular formula is C13H18BrNO. The predicted molar refractivity (Wildman–Crippen MR) is 69.6 cm³/mol. The molecule has 1 saturated carbocycles. The second-order valence-corrected chi connectivity index (χ2v) is 5.57. The monoisotopic (exact) mass is 283 g/mol. The summed E-state index contributed by atoms with van der Waals surface area (Å²) in [5, 5.41) is 0. The molecule has 0 spiro atoms. The maximum Gasteiger partial charge on any atom is 0.119 e. The summed E-state index contributed by atoms with van der Waals surface area (Å²) in [6.45, 7) is 1.49. The average molecular weight is 284 g/mol. The Morgan fingerprint density at radius 1 is 1.19 bits per heavy atom. The molecule has 0 bridgehead atoms. The molecule has 2 N–H and O–H groups in total. The van der Waals surface area contributed by atoms with Crippen molar-refractivity contribution >= 4 is 15.9 Å². The molecule has 0 radical (unpaired) electrons. The van der Waals surface area contributed by atoms with Gasteiger partial charge in [-0.3, -0.25) is 0 Å². The Hall–Kier alpha value is -0.540. The minimum absolute atomic E-state index is 0.229. The smallest absolute Gasteiger partial charge is 0.119 e. The molecule has 1 fully saturated rings. The van der Waals surface area contributed by atoms with Crippen molar-refractivity contribution in [2.45, 2.75) is 25.7 Å². The van der Waals surface area contributed by atoms with Crippen molar-refractivity contribution in [3.05, 3.63) is 28.7 Å². The Kier molecular flexibility index (Phi) is 3.87. The van der Waals surface area contributed by atoms with E-state index in [0.29, 0.717) is 0 Å². The normalized spacial score (nSPS) is 18.6. The Bertz CT molecular complexity index is 330. The fourth-order valence-electron chi connectivity index (χ4n) is 2.30. The lowest BCUT2D eigenvalue weighted by molar-refractivity contribution is 0.157. The zero-order chi connectivity index (χ0) is 11.4. The van der Waals surface area contributed by atoms with Gasteiger partial charge < -0.3 is 10.5 Å². The highest BCUT2D eigenvalue weighted by molar-refractivity contribution is 9.10. The van der Waals surface area contributed by atoms with Gasteiger partial charge >= 0.3 is 0 Å². The van der Waals surface area contributed by atoms with Crippen LogP contribution in [-0.4, -0.2) is 13.2 Å². The molecule has 1 aromatic carbocycles. The number of rotatable bonds is 4. The van der Waals surface area contributed by atoms with Gasteiger partial charge in [-0.25, -0.2) is 0 Å². The van der Waals surface area contributed by atoms with Crippen LogP contribution in [0.5, 0.6) is 5.75 Å². The molecule has 0 saturated heterocycles.